The summed E-state index contributed by atoms with van der Waals surface area (Å²) in [4.78, 5) is 3.76. The molecular formula is C18H25N4O2S+. The molecule has 6 nitrogen and oxygen atoms in total. The first kappa shape index (κ1) is 17.7. The molecule has 2 heterocycles. The van der Waals surface area contributed by atoms with Gasteiger partial charge >= 0.3 is 0 Å². The van der Waals surface area contributed by atoms with Crippen LogP contribution in [0.1, 0.15) is 17.0 Å². The molecule has 1 saturated heterocycles. The van der Waals surface area contributed by atoms with Gasteiger partial charge in [-0.25, -0.2) is 0 Å². The lowest BCUT2D eigenvalue weighted by Crippen LogP contribution is -3.13. The van der Waals surface area contributed by atoms with Crippen molar-refractivity contribution in [1.82, 2.24) is 15.4 Å². The highest BCUT2D eigenvalue weighted by Gasteiger charge is 2.22. The zero-order chi connectivity index (χ0) is 17.6. The lowest BCUT2D eigenvalue weighted by Gasteiger charge is -2.33. The average molecular weight is 361 g/mol. The van der Waals surface area contributed by atoms with Crippen LogP contribution in [0.5, 0.6) is 5.75 Å². The lowest BCUT2D eigenvalue weighted by atomic mass is 10.2. The summed E-state index contributed by atoms with van der Waals surface area (Å²) in [5.41, 5.74) is 2.22. The molecule has 2 aromatic rings. The number of ether oxygens (including phenoxy) is 1. The summed E-state index contributed by atoms with van der Waals surface area (Å²) >= 11 is 5.55. The van der Waals surface area contributed by atoms with Gasteiger partial charge in [-0.05, 0) is 36.8 Å². The van der Waals surface area contributed by atoms with E-state index in [0.29, 0.717) is 0 Å². The number of methoxy groups -OCH3 is 1. The molecule has 1 fully saturated rings. The van der Waals surface area contributed by atoms with Gasteiger partial charge in [-0.2, -0.15) is 0 Å². The van der Waals surface area contributed by atoms with Gasteiger partial charge in [-0.3, -0.25) is 0 Å². The number of benzene rings is 1. The first-order valence-corrected chi connectivity index (χ1v) is 8.96. The molecule has 3 rings (SSSR count). The Morgan fingerprint density at radius 1 is 1.32 bits per heavy atom. The number of hydrogen-bond donors (Lipinski definition) is 2. The number of nitrogens with one attached hydrogen (secondary N) is 2. The predicted molar refractivity (Wildman–Crippen MR) is 99.6 cm³/mol. The summed E-state index contributed by atoms with van der Waals surface area (Å²) in [7, 11) is 1.67. The van der Waals surface area contributed by atoms with E-state index < -0.39 is 0 Å². The molecule has 0 saturated carbocycles. The van der Waals surface area contributed by atoms with Gasteiger partial charge in [-0.15, -0.1) is 0 Å². The summed E-state index contributed by atoms with van der Waals surface area (Å²) in [5, 5.41) is 8.26. The van der Waals surface area contributed by atoms with Crippen LogP contribution in [0.3, 0.4) is 0 Å². The van der Waals surface area contributed by atoms with E-state index in [2.05, 4.69) is 27.5 Å². The van der Waals surface area contributed by atoms with Crippen molar-refractivity contribution in [2.45, 2.75) is 20.0 Å². The number of rotatable bonds is 5. The van der Waals surface area contributed by atoms with Gasteiger partial charge in [0.25, 0.3) is 0 Å². The highest BCUT2D eigenvalue weighted by Crippen LogP contribution is 2.11. The van der Waals surface area contributed by atoms with Crippen molar-refractivity contribution in [3.63, 3.8) is 0 Å². The van der Waals surface area contributed by atoms with Crippen LogP contribution >= 0.6 is 12.2 Å². The Morgan fingerprint density at radius 3 is 2.64 bits per heavy atom. The highest BCUT2D eigenvalue weighted by atomic mass is 32.1. The van der Waals surface area contributed by atoms with Crippen molar-refractivity contribution in [1.29, 1.82) is 0 Å². The first-order chi connectivity index (χ1) is 12.1. The van der Waals surface area contributed by atoms with Crippen LogP contribution in [0.2, 0.25) is 0 Å². The molecule has 134 valence electrons. The third-order valence-electron chi connectivity index (χ3n) is 4.47. The van der Waals surface area contributed by atoms with Crippen molar-refractivity contribution in [3.05, 3.63) is 47.3 Å². The number of quaternary nitrogens is 1. The van der Waals surface area contributed by atoms with Crippen molar-refractivity contribution in [2.75, 3.05) is 33.3 Å². The summed E-state index contributed by atoms with van der Waals surface area (Å²) in [6.07, 6.45) is 0. The average Bonchev–Trinajstić information content (AvgIpc) is 3.05. The summed E-state index contributed by atoms with van der Waals surface area (Å²) < 4.78 is 10.3. The van der Waals surface area contributed by atoms with Gasteiger partial charge < -0.3 is 24.4 Å². The number of thiocarbonyl (C=S) groups is 1. The molecule has 0 aliphatic carbocycles. The second-order valence-electron chi connectivity index (χ2n) is 6.35. The maximum Gasteiger partial charge on any atom is 0.169 e. The highest BCUT2D eigenvalue weighted by molar-refractivity contribution is 7.80. The lowest BCUT2D eigenvalue weighted by molar-refractivity contribution is -0.917. The van der Waals surface area contributed by atoms with Crippen LogP contribution in [0, 0.1) is 6.92 Å². The quantitative estimate of drug-likeness (QED) is 0.768. The van der Waals surface area contributed by atoms with Crippen LogP contribution in [0.25, 0.3) is 0 Å². The van der Waals surface area contributed by atoms with E-state index in [9.17, 15) is 0 Å². The molecule has 0 spiro atoms. The number of nitrogens with zero attached hydrogens (tertiary/aromatic N) is 2. The molecule has 1 aliphatic rings. The Labute approximate surface area is 153 Å². The maximum atomic E-state index is 5.55. The number of aryl methyl sites for hydroxylation is 1. The molecule has 2 N–H and O–H groups in total. The maximum absolute atomic E-state index is 5.55. The SMILES string of the molecule is COc1ccc(CNC(=S)N2CC[NH+](Cc3cc(C)on3)CC2)cc1. The summed E-state index contributed by atoms with van der Waals surface area (Å²) in [6.45, 7) is 7.59. The Morgan fingerprint density at radius 2 is 2.04 bits per heavy atom. The minimum atomic E-state index is 0.730. The largest absolute Gasteiger partial charge is 0.497 e. The van der Waals surface area contributed by atoms with E-state index in [1.807, 2.05) is 25.1 Å². The van der Waals surface area contributed by atoms with Crippen LogP contribution in [0.4, 0.5) is 0 Å². The topological polar surface area (TPSA) is 55.0 Å². The van der Waals surface area contributed by atoms with Crippen LogP contribution < -0.4 is 15.0 Å². The van der Waals surface area contributed by atoms with E-state index in [1.165, 1.54) is 10.5 Å². The van der Waals surface area contributed by atoms with E-state index in [-0.39, 0.29) is 0 Å². The van der Waals surface area contributed by atoms with Crippen molar-refractivity contribution in [2.24, 2.45) is 0 Å². The van der Waals surface area contributed by atoms with Gasteiger partial charge in [0.15, 0.2) is 5.11 Å². The minimum Gasteiger partial charge on any atom is -0.497 e. The third kappa shape index (κ3) is 4.93. The number of aromatic nitrogens is 1. The standard InChI is InChI=1S/C18H24N4O2S/c1-14-11-16(20-24-14)13-21-7-9-22(10-8-21)18(25)19-12-15-3-5-17(23-2)6-4-15/h3-6,11H,7-10,12-13H2,1-2H3,(H,19,25)/p+1. The molecule has 1 aromatic carbocycles. The van der Waals surface area contributed by atoms with Gasteiger partial charge in [0.1, 0.15) is 23.7 Å². The molecule has 0 atom stereocenters. The van der Waals surface area contributed by atoms with E-state index in [0.717, 1.165) is 61.6 Å². The van der Waals surface area contributed by atoms with Gasteiger partial charge in [0.2, 0.25) is 0 Å². The van der Waals surface area contributed by atoms with Gasteiger partial charge in [0, 0.05) is 12.6 Å². The van der Waals surface area contributed by atoms with E-state index >= 15 is 0 Å². The van der Waals surface area contributed by atoms with Crippen LogP contribution in [-0.2, 0) is 13.1 Å². The molecule has 1 aromatic heterocycles. The Hall–Kier alpha value is -2.12. The predicted octanol–water partition coefficient (Wildman–Crippen LogP) is 0.767. The molecule has 7 heteroatoms. The normalized spacial score (nSPS) is 15.2. The monoisotopic (exact) mass is 361 g/mol. The molecule has 25 heavy (non-hydrogen) atoms. The second-order valence-corrected chi connectivity index (χ2v) is 6.74. The fourth-order valence-corrected chi connectivity index (χ4v) is 3.25. The fourth-order valence-electron chi connectivity index (χ4n) is 2.99. The smallest absolute Gasteiger partial charge is 0.169 e. The van der Waals surface area contributed by atoms with Crippen molar-refractivity contribution >= 4 is 17.3 Å². The second kappa shape index (κ2) is 8.31. The van der Waals surface area contributed by atoms with Gasteiger partial charge in [-0.1, -0.05) is 17.3 Å². The third-order valence-corrected chi connectivity index (χ3v) is 4.87. The number of piperazine rings is 1. The summed E-state index contributed by atoms with van der Waals surface area (Å²) in [5.74, 6) is 1.74. The number of hydrogen-bond acceptors (Lipinski definition) is 4. The Bertz CT molecular complexity index is 693. The summed E-state index contributed by atoms with van der Waals surface area (Å²) in [6, 6.07) is 10.1. The zero-order valence-corrected chi connectivity index (χ0v) is 15.6. The minimum absolute atomic E-state index is 0.730. The molecule has 0 bridgehead atoms. The van der Waals surface area contributed by atoms with E-state index in [1.54, 1.807) is 7.11 Å². The van der Waals surface area contributed by atoms with E-state index in [4.69, 9.17) is 21.5 Å². The Balaban J connectivity index is 1.41. The first-order valence-electron chi connectivity index (χ1n) is 8.55. The molecule has 0 unspecified atom stereocenters. The van der Waals surface area contributed by atoms with Crippen LogP contribution in [0.15, 0.2) is 34.9 Å². The van der Waals surface area contributed by atoms with Crippen molar-refractivity contribution in [3.8, 4) is 5.75 Å². The van der Waals surface area contributed by atoms with Gasteiger partial charge in [0.05, 0.1) is 33.3 Å². The fraction of sp³-hybridized carbons (Fsp3) is 0.444. The zero-order valence-electron chi connectivity index (χ0n) is 14.7. The van der Waals surface area contributed by atoms with Crippen molar-refractivity contribution < 1.29 is 14.2 Å². The Kier molecular flexibility index (Phi) is 5.88. The molecule has 0 radical (unpaired) electrons. The molecule has 1 aliphatic heterocycles. The molecular weight excluding hydrogens is 336 g/mol. The molecule has 0 amide bonds. The van der Waals surface area contributed by atoms with Crippen LogP contribution in [-0.4, -0.2) is 48.5 Å².